The Kier molecular flexibility index (Phi) is 6.01. The van der Waals surface area contributed by atoms with E-state index in [0.717, 1.165) is 16.9 Å². The molecule has 39 heavy (non-hydrogen) atoms. The number of aromatic hydroxyl groups is 1. The van der Waals surface area contributed by atoms with E-state index in [1.165, 1.54) is 36.6 Å². The first-order valence-corrected chi connectivity index (χ1v) is 12.5. The fourth-order valence-corrected chi connectivity index (χ4v) is 4.88. The summed E-state index contributed by atoms with van der Waals surface area (Å²) in [5, 5.41) is 10.9. The third-order valence-corrected chi connectivity index (χ3v) is 6.93. The molecule has 7 nitrogen and oxygen atoms in total. The number of hydrogen-bond donors (Lipinski definition) is 3. The van der Waals surface area contributed by atoms with E-state index >= 15 is 4.39 Å². The molecule has 2 aromatic heterocycles. The van der Waals surface area contributed by atoms with Gasteiger partial charge >= 0.3 is 4.87 Å². The van der Waals surface area contributed by atoms with Gasteiger partial charge < -0.3 is 14.8 Å². The average molecular weight is 541 g/mol. The standard InChI is InChI=1S/C29H18F2N4O3S/c1-15(16-5-3-2-4-6-16)24-14-33-27(34-24)20-11-17(7-8-21(20)30)38-26-19(12-25-28(36)35-29(37)39-25)18-9-10-32-23(18)13-22(26)31/h2-14,36H,1H2,(H,33,34)(H,35,37). The maximum absolute atomic E-state index is 15.3. The summed E-state index contributed by atoms with van der Waals surface area (Å²) in [6.45, 7) is 4.10. The first-order valence-electron chi connectivity index (χ1n) is 11.7. The zero-order valence-electron chi connectivity index (χ0n) is 20.0. The molecule has 10 heteroatoms. The van der Waals surface area contributed by atoms with Crippen molar-refractivity contribution in [2.24, 2.45) is 4.99 Å². The number of aliphatic imine (C=N–C) groups is 1. The molecule has 0 amide bonds. The molecule has 192 valence electrons. The van der Waals surface area contributed by atoms with Crippen LogP contribution in [0.4, 0.5) is 14.5 Å². The molecule has 3 aromatic carbocycles. The van der Waals surface area contributed by atoms with Crippen molar-refractivity contribution >= 4 is 41.0 Å². The lowest BCUT2D eigenvalue weighted by molar-refractivity contribution is 0.437. The zero-order valence-corrected chi connectivity index (χ0v) is 20.9. The van der Waals surface area contributed by atoms with Gasteiger partial charge in [-0.3, -0.25) is 14.8 Å². The maximum Gasteiger partial charge on any atom is 0.307 e. The molecule has 0 aliphatic carbocycles. The molecule has 0 unspecified atom stereocenters. The van der Waals surface area contributed by atoms with E-state index in [1.807, 2.05) is 30.3 Å². The summed E-state index contributed by atoms with van der Waals surface area (Å²) in [6.07, 6.45) is 6.19. The van der Waals surface area contributed by atoms with Crippen LogP contribution in [0, 0.1) is 11.6 Å². The smallest absolute Gasteiger partial charge is 0.307 e. The monoisotopic (exact) mass is 540 g/mol. The van der Waals surface area contributed by atoms with Gasteiger partial charge in [0, 0.05) is 22.7 Å². The molecule has 1 aliphatic heterocycles. The predicted octanol–water partition coefficient (Wildman–Crippen LogP) is 4.99. The summed E-state index contributed by atoms with van der Waals surface area (Å²) in [5.41, 5.74) is 2.68. The van der Waals surface area contributed by atoms with Crippen molar-refractivity contribution in [1.82, 2.24) is 15.0 Å². The maximum atomic E-state index is 15.3. The summed E-state index contributed by atoms with van der Waals surface area (Å²) in [4.78, 5) is 25.3. The lowest BCUT2D eigenvalue weighted by Crippen LogP contribution is -2.26. The second kappa shape index (κ2) is 9.66. The van der Waals surface area contributed by atoms with Crippen molar-refractivity contribution in [3.05, 3.63) is 115 Å². The van der Waals surface area contributed by atoms with Crippen molar-refractivity contribution in [3.63, 3.8) is 0 Å². The topological polar surface area (TPSA) is 103 Å². The van der Waals surface area contributed by atoms with E-state index in [0.29, 0.717) is 22.2 Å². The first-order chi connectivity index (χ1) is 18.9. The highest BCUT2D eigenvalue weighted by molar-refractivity contribution is 7.10. The zero-order chi connectivity index (χ0) is 27.1. The summed E-state index contributed by atoms with van der Waals surface area (Å²) >= 11 is 0.762. The molecule has 3 heterocycles. The highest BCUT2D eigenvalue weighted by Gasteiger charge is 2.18. The molecule has 0 saturated heterocycles. The Morgan fingerprint density at radius 2 is 1.90 bits per heavy atom. The van der Waals surface area contributed by atoms with Crippen molar-refractivity contribution in [1.29, 1.82) is 0 Å². The molecule has 3 N–H and O–H groups in total. The highest BCUT2D eigenvalue weighted by Crippen LogP contribution is 2.31. The minimum Gasteiger partial charge on any atom is -0.493 e. The van der Waals surface area contributed by atoms with Crippen LogP contribution in [0.5, 0.6) is 17.4 Å². The number of imidazole rings is 1. The fraction of sp³-hybridized carbons (Fsp3) is 0. The van der Waals surface area contributed by atoms with E-state index in [9.17, 15) is 14.3 Å². The number of rotatable bonds is 6. The SMILES string of the molecule is C=C(c1ccccc1)c1cnc(-c2cc(Oc3c(F)cc4c(c3=Cc3sc(=O)[nH]c3O)=CC=N4)ccc2F)[nH]1. The average Bonchev–Trinajstić information content (AvgIpc) is 3.67. The van der Waals surface area contributed by atoms with Crippen LogP contribution in [0.25, 0.3) is 29.1 Å². The Bertz CT molecular complexity index is 1970. The second-order valence-corrected chi connectivity index (χ2v) is 9.60. The van der Waals surface area contributed by atoms with Gasteiger partial charge in [-0.1, -0.05) is 48.2 Å². The van der Waals surface area contributed by atoms with Crippen LogP contribution in [0.3, 0.4) is 0 Å². The van der Waals surface area contributed by atoms with Gasteiger partial charge in [0.15, 0.2) is 11.6 Å². The molecule has 0 radical (unpaired) electrons. The second-order valence-electron chi connectivity index (χ2n) is 8.58. The number of nitrogens with one attached hydrogen (secondary N) is 2. The number of benzene rings is 3. The Morgan fingerprint density at radius 3 is 2.67 bits per heavy atom. The molecule has 0 atom stereocenters. The summed E-state index contributed by atoms with van der Waals surface area (Å²) < 4.78 is 36.1. The number of aromatic nitrogens is 3. The number of H-pyrrole nitrogens is 2. The normalized spacial score (nSPS) is 12.4. The van der Waals surface area contributed by atoms with Crippen molar-refractivity contribution in [2.45, 2.75) is 0 Å². The molecular formula is C29H18F2N4O3S. The van der Waals surface area contributed by atoms with E-state index in [-0.39, 0.29) is 38.9 Å². The van der Waals surface area contributed by atoms with Gasteiger partial charge in [-0.05, 0) is 41.5 Å². The van der Waals surface area contributed by atoms with Crippen LogP contribution in [0.15, 0.2) is 77.2 Å². The van der Waals surface area contributed by atoms with Gasteiger partial charge in [-0.15, -0.1) is 0 Å². The molecule has 0 bridgehead atoms. The van der Waals surface area contributed by atoms with Crippen molar-refractivity contribution < 1.29 is 18.6 Å². The Morgan fingerprint density at radius 1 is 1.08 bits per heavy atom. The summed E-state index contributed by atoms with van der Waals surface area (Å²) in [6, 6.07) is 14.7. The number of thiazole rings is 1. The summed E-state index contributed by atoms with van der Waals surface area (Å²) in [5.74, 6) is -1.41. The van der Waals surface area contributed by atoms with Crippen LogP contribution in [-0.2, 0) is 0 Å². The molecule has 0 saturated carbocycles. The summed E-state index contributed by atoms with van der Waals surface area (Å²) in [7, 11) is 0. The molecule has 6 rings (SSSR count). The van der Waals surface area contributed by atoms with Gasteiger partial charge in [0.2, 0.25) is 5.88 Å². The third-order valence-electron chi connectivity index (χ3n) is 6.11. The number of fused-ring (bicyclic) bond motifs is 1. The molecule has 1 aliphatic rings. The Balaban J connectivity index is 1.41. The van der Waals surface area contributed by atoms with Gasteiger partial charge in [0.25, 0.3) is 0 Å². The Labute approximate surface area is 223 Å². The Hall–Kier alpha value is -5.09. The van der Waals surface area contributed by atoms with Crippen LogP contribution in [0.2, 0.25) is 0 Å². The highest BCUT2D eigenvalue weighted by atomic mass is 32.1. The van der Waals surface area contributed by atoms with Crippen molar-refractivity contribution in [2.75, 3.05) is 0 Å². The molecule has 5 aromatic rings. The predicted molar refractivity (Wildman–Crippen MR) is 147 cm³/mol. The lowest BCUT2D eigenvalue weighted by atomic mass is 10.1. The number of nitrogens with zero attached hydrogens (tertiary/aromatic N) is 2. The van der Waals surface area contributed by atoms with E-state index in [2.05, 4.69) is 26.5 Å². The van der Waals surface area contributed by atoms with Crippen LogP contribution in [-0.4, -0.2) is 26.3 Å². The number of hydrogen-bond acceptors (Lipinski definition) is 6. The van der Waals surface area contributed by atoms with Crippen LogP contribution >= 0.6 is 11.3 Å². The minimum absolute atomic E-state index is 0.114. The largest absolute Gasteiger partial charge is 0.493 e. The first kappa shape index (κ1) is 24.3. The van der Waals surface area contributed by atoms with Gasteiger partial charge in [0.05, 0.1) is 28.0 Å². The number of aromatic amines is 2. The third kappa shape index (κ3) is 4.57. The molecule has 0 fully saturated rings. The van der Waals surface area contributed by atoms with Gasteiger partial charge in [-0.2, -0.15) is 0 Å². The lowest BCUT2D eigenvalue weighted by Gasteiger charge is -2.11. The van der Waals surface area contributed by atoms with E-state index < -0.39 is 16.5 Å². The van der Waals surface area contributed by atoms with E-state index in [4.69, 9.17) is 4.74 Å². The van der Waals surface area contributed by atoms with Crippen LogP contribution in [0.1, 0.15) is 16.1 Å². The number of halogens is 2. The fourth-order valence-electron chi connectivity index (χ4n) is 4.21. The molecular weight excluding hydrogens is 522 g/mol. The minimum atomic E-state index is -0.722. The number of ether oxygens (including phenoxy) is 1. The molecule has 0 spiro atoms. The van der Waals surface area contributed by atoms with Gasteiger partial charge in [-0.25, -0.2) is 13.8 Å². The van der Waals surface area contributed by atoms with Crippen molar-refractivity contribution in [3.8, 4) is 28.8 Å². The van der Waals surface area contributed by atoms with Crippen LogP contribution < -0.4 is 20.0 Å². The quantitative estimate of drug-likeness (QED) is 0.282. The van der Waals surface area contributed by atoms with E-state index in [1.54, 1.807) is 12.3 Å². The van der Waals surface area contributed by atoms with Gasteiger partial charge in [0.1, 0.15) is 17.4 Å².